The Labute approximate surface area is 216 Å². The average Bonchev–Trinajstić information content (AvgIpc) is 2.90. The summed E-state index contributed by atoms with van der Waals surface area (Å²) >= 11 is 0. The number of aliphatic imine (C=N–C) groups is 1. The van der Waals surface area contributed by atoms with E-state index >= 15 is 0 Å². The van der Waals surface area contributed by atoms with Crippen LogP contribution in [0, 0.1) is 0 Å². The highest BCUT2D eigenvalue weighted by molar-refractivity contribution is 5.93. The summed E-state index contributed by atoms with van der Waals surface area (Å²) in [6.07, 6.45) is 0.830. The van der Waals surface area contributed by atoms with Gasteiger partial charge in [0.2, 0.25) is 17.7 Å². The third-order valence-corrected chi connectivity index (χ3v) is 5.81. The lowest BCUT2D eigenvalue weighted by molar-refractivity contribution is -0.129. The van der Waals surface area contributed by atoms with Gasteiger partial charge in [-0.2, -0.15) is 0 Å². The number of nitrogens with zero attached hydrogens (tertiary/aromatic N) is 1. The number of guanidine groups is 1. The summed E-state index contributed by atoms with van der Waals surface area (Å²) in [5.41, 5.74) is 18.9. The molecule has 0 heterocycles. The van der Waals surface area contributed by atoms with Crippen LogP contribution < -0.4 is 27.8 Å². The largest absolute Gasteiger partial charge is 0.370 e. The van der Waals surface area contributed by atoms with Crippen molar-refractivity contribution in [1.29, 1.82) is 0 Å². The van der Waals surface area contributed by atoms with Gasteiger partial charge in [0.25, 0.3) is 0 Å². The summed E-state index contributed by atoms with van der Waals surface area (Å²) in [5, 5.41) is 5.81. The molecule has 0 aliphatic carbocycles. The number of nitrogens with one attached hydrogen (secondary N) is 2. The quantitative estimate of drug-likeness (QED) is 0.145. The fraction of sp³-hybridized carbons (Fsp3) is 0.214. The Hall–Kier alpha value is -4.66. The fourth-order valence-electron chi connectivity index (χ4n) is 3.91. The number of hydrogen-bond acceptors (Lipinski definition) is 4. The van der Waals surface area contributed by atoms with Crippen molar-refractivity contribution in [2.24, 2.45) is 22.2 Å². The monoisotopic (exact) mass is 500 g/mol. The van der Waals surface area contributed by atoms with Crippen LogP contribution in [0.4, 0.5) is 0 Å². The smallest absolute Gasteiger partial charge is 0.248 e. The first-order valence-electron chi connectivity index (χ1n) is 12.0. The third kappa shape index (κ3) is 8.21. The van der Waals surface area contributed by atoms with Crippen molar-refractivity contribution in [2.45, 2.75) is 31.3 Å². The van der Waals surface area contributed by atoms with Crippen molar-refractivity contribution < 1.29 is 14.4 Å². The SMILES string of the molecule is NC(=O)c1ccc(CNC(=O)[C@H](CCCN=C(N)N)NC(=O)C(c2ccccc2)c2ccccc2)cc1. The Bertz CT molecular complexity index is 1170. The Morgan fingerprint density at radius 3 is 1.84 bits per heavy atom. The van der Waals surface area contributed by atoms with E-state index in [9.17, 15) is 14.4 Å². The van der Waals surface area contributed by atoms with Gasteiger partial charge in [-0.3, -0.25) is 19.4 Å². The molecule has 9 heteroatoms. The van der Waals surface area contributed by atoms with E-state index in [0.717, 1.165) is 16.7 Å². The van der Waals surface area contributed by atoms with E-state index in [1.165, 1.54) is 0 Å². The zero-order valence-electron chi connectivity index (χ0n) is 20.5. The fourth-order valence-corrected chi connectivity index (χ4v) is 3.91. The lowest BCUT2D eigenvalue weighted by atomic mass is 9.90. The molecule has 0 unspecified atom stereocenters. The van der Waals surface area contributed by atoms with Gasteiger partial charge in [-0.15, -0.1) is 0 Å². The van der Waals surface area contributed by atoms with Gasteiger partial charge in [0.05, 0.1) is 5.92 Å². The highest BCUT2D eigenvalue weighted by Gasteiger charge is 2.27. The van der Waals surface area contributed by atoms with Crippen molar-refractivity contribution in [3.05, 3.63) is 107 Å². The van der Waals surface area contributed by atoms with E-state index in [2.05, 4.69) is 15.6 Å². The van der Waals surface area contributed by atoms with Crippen LogP contribution >= 0.6 is 0 Å². The summed E-state index contributed by atoms with van der Waals surface area (Å²) in [4.78, 5) is 42.0. The minimum atomic E-state index is -0.804. The van der Waals surface area contributed by atoms with Crippen molar-refractivity contribution in [2.75, 3.05) is 6.54 Å². The summed E-state index contributed by atoms with van der Waals surface area (Å²) in [6, 6.07) is 24.7. The molecule has 0 saturated heterocycles. The first kappa shape index (κ1) is 26.9. The molecular formula is C28H32N6O3. The molecule has 37 heavy (non-hydrogen) atoms. The molecule has 9 nitrogen and oxygen atoms in total. The van der Waals surface area contributed by atoms with E-state index in [0.29, 0.717) is 24.9 Å². The van der Waals surface area contributed by atoms with Crippen molar-refractivity contribution >= 4 is 23.7 Å². The molecule has 0 saturated carbocycles. The number of nitrogens with two attached hydrogens (primary N) is 3. The molecule has 0 radical (unpaired) electrons. The average molecular weight is 501 g/mol. The third-order valence-electron chi connectivity index (χ3n) is 5.81. The molecule has 0 spiro atoms. The Morgan fingerprint density at radius 1 is 0.757 bits per heavy atom. The van der Waals surface area contributed by atoms with Crippen LogP contribution in [0.1, 0.15) is 45.8 Å². The summed E-state index contributed by atoms with van der Waals surface area (Å²) in [7, 11) is 0. The van der Waals surface area contributed by atoms with Crippen LogP contribution in [-0.2, 0) is 16.1 Å². The van der Waals surface area contributed by atoms with Crippen molar-refractivity contribution in [3.63, 3.8) is 0 Å². The van der Waals surface area contributed by atoms with Crippen LogP contribution in [0.15, 0.2) is 89.9 Å². The number of benzene rings is 3. The molecule has 0 fully saturated rings. The molecule has 0 aliphatic rings. The first-order valence-corrected chi connectivity index (χ1v) is 12.0. The second-order valence-corrected chi connectivity index (χ2v) is 8.54. The van der Waals surface area contributed by atoms with Gasteiger partial charge in [0.1, 0.15) is 6.04 Å². The predicted molar refractivity (Wildman–Crippen MR) is 143 cm³/mol. The van der Waals surface area contributed by atoms with E-state index in [4.69, 9.17) is 17.2 Å². The number of carbonyl (C=O) groups is 3. The molecule has 1 atom stereocenters. The second-order valence-electron chi connectivity index (χ2n) is 8.54. The summed E-state index contributed by atoms with van der Waals surface area (Å²) in [6.45, 7) is 0.552. The van der Waals surface area contributed by atoms with Crippen LogP contribution in [0.25, 0.3) is 0 Å². The van der Waals surface area contributed by atoms with Crippen LogP contribution in [-0.4, -0.2) is 36.3 Å². The topological polar surface area (TPSA) is 166 Å². The standard InChI is InChI=1S/C28H32N6O3/c29-25(35)22-15-13-19(14-16-22)18-33-26(36)23(12-7-17-32-28(30)31)34-27(37)24(20-8-3-1-4-9-20)21-10-5-2-6-11-21/h1-6,8-11,13-16,23-24H,7,12,17-18H2,(H2,29,35)(H,33,36)(H,34,37)(H4,30,31,32)/t23-/m0/s1. The van der Waals surface area contributed by atoms with E-state index in [-0.39, 0.29) is 24.3 Å². The number of amides is 3. The molecule has 3 rings (SSSR count). The molecule has 3 aromatic rings. The molecule has 3 amide bonds. The van der Waals surface area contributed by atoms with Gasteiger partial charge in [0.15, 0.2) is 5.96 Å². The Morgan fingerprint density at radius 2 is 1.32 bits per heavy atom. The number of primary amides is 1. The van der Waals surface area contributed by atoms with Gasteiger partial charge in [0, 0.05) is 18.7 Å². The maximum Gasteiger partial charge on any atom is 0.248 e. The normalized spacial score (nSPS) is 11.4. The lowest BCUT2D eigenvalue weighted by Gasteiger charge is -2.23. The Balaban J connectivity index is 1.76. The molecule has 8 N–H and O–H groups in total. The van der Waals surface area contributed by atoms with Gasteiger partial charge in [-0.05, 0) is 41.7 Å². The minimum Gasteiger partial charge on any atom is -0.370 e. The van der Waals surface area contributed by atoms with E-state index in [1.54, 1.807) is 24.3 Å². The van der Waals surface area contributed by atoms with Crippen LogP contribution in [0.3, 0.4) is 0 Å². The first-order chi connectivity index (χ1) is 17.8. The Kier molecular flexibility index (Phi) is 9.78. The maximum absolute atomic E-state index is 13.6. The van der Waals surface area contributed by atoms with Crippen LogP contribution in [0.5, 0.6) is 0 Å². The van der Waals surface area contributed by atoms with E-state index in [1.807, 2.05) is 60.7 Å². The molecule has 0 aliphatic heterocycles. The highest BCUT2D eigenvalue weighted by Crippen LogP contribution is 2.25. The van der Waals surface area contributed by atoms with Crippen LogP contribution in [0.2, 0.25) is 0 Å². The summed E-state index contributed by atoms with van der Waals surface area (Å²) in [5.74, 6) is -1.76. The molecule has 0 bridgehead atoms. The maximum atomic E-state index is 13.6. The minimum absolute atomic E-state index is 0.0299. The van der Waals surface area contributed by atoms with Gasteiger partial charge >= 0.3 is 0 Å². The van der Waals surface area contributed by atoms with Crippen molar-refractivity contribution in [1.82, 2.24) is 10.6 Å². The number of rotatable bonds is 12. The number of hydrogen-bond donors (Lipinski definition) is 5. The zero-order chi connectivity index (χ0) is 26.6. The molecule has 3 aromatic carbocycles. The number of carbonyl (C=O) groups excluding carboxylic acids is 3. The molecular weight excluding hydrogens is 468 g/mol. The highest BCUT2D eigenvalue weighted by atomic mass is 16.2. The lowest BCUT2D eigenvalue weighted by Crippen LogP contribution is -2.48. The van der Waals surface area contributed by atoms with E-state index < -0.39 is 17.9 Å². The molecule has 192 valence electrons. The zero-order valence-corrected chi connectivity index (χ0v) is 20.5. The molecule has 0 aromatic heterocycles. The van der Waals surface area contributed by atoms with Gasteiger partial charge in [-0.1, -0.05) is 72.8 Å². The summed E-state index contributed by atoms with van der Waals surface area (Å²) < 4.78 is 0. The van der Waals surface area contributed by atoms with Gasteiger partial charge in [-0.25, -0.2) is 0 Å². The van der Waals surface area contributed by atoms with Crippen molar-refractivity contribution in [3.8, 4) is 0 Å². The predicted octanol–water partition coefficient (Wildman–Crippen LogP) is 1.77. The van der Waals surface area contributed by atoms with Gasteiger partial charge < -0.3 is 27.8 Å². The second kappa shape index (κ2) is 13.4.